The van der Waals surface area contributed by atoms with Crippen LogP contribution in [0.25, 0.3) is 6.08 Å². The SMILES string of the molecule is N#CCOc1ccc(/C=C/C(=O)Nc2ccccc2Cl)cc1. The van der Waals surface area contributed by atoms with Crippen molar-refractivity contribution in [2.24, 2.45) is 0 Å². The first-order valence-corrected chi connectivity index (χ1v) is 6.90. The smallest absolute Gasteiger partial charge is 0.248 e. The summed E-state index contributed by atoms with van der Waals surface area (Å²) in [4.78, 5) is 11.8. The molecule has 0 radical (unpaired) electrons. The highest BCUT2D eigenvalue weighted by Crippen LogP contribution is 2.20. The lowest BCUT2D eigenvalue weighted by atomic mass is 10.2. The third-order valence-electron chi connectivity index (χ3n) is 2.74. The number of benzene rings is 2. The van der Waals surface area contributed by atoms with Gasteiger partial charge in [0.1, 0.15) is 11.8 Å². The van der Waals surface area contributed by atoms with Crippen LogP contribution in [0.5, 0.6) is 5.75 Å². The van der Waals surface area contributed by atoms with Crippen LogP contribution in [0, 0.1) is 11.3 Å². The molecule has 0 spiro atoms. The fourth-order valence-corrected chi connectivity index (χ4v) is 1.88. The van der Waals surface area contributed by atoms with E-state index in [-0.39, 0.29) is 12.5 Å². The quantitative estimate of drug-likeness (QED) is 0.852. The summed E-state index contributed by atoms with van der Waals surface area (Å²) in [5.41, 5.74) is 1.41. The molecular formula is C17H13ClN2O2. The average molecular weight is 313 g/mol. The Hall–Kier alpha value is -2.77. The lowest BCUT2D eigenvalue weighted by Crippen LogP contribution is -2.07. The Morgan fingerprint density at radius 2 is 1.95 bits per heavy atom. The molecule has 4 nitrogen and oxygen atoms in total. The summed E-state index contributed by atoms with van der Waals surface area (Å²) in [6.07, 6.45) is 3.11. The van der Waals surface area contributed by atoms with Crippen LogP contribution in [0.15, 0.2) is 54.6 Å². The Kier molecular flexibility index (Phi) is 5.58. The number of carbonyl (C=O) groups excluding carboxylic acids is 1. The lowest BCUT2D eigenvalue weighted by Gasteiger charge is -2.04. The molecule has 1 amide bonds. The molecule has 2 aromatic rings. The second-order valence-electron chi connectivity index (χ2n) is 4.32. The normalized spacial score (nSPS) is 10.2. The molecule has 0 fully saturated rings. The van der Waals surface area contributed by atoms with Gasteiger partial charge in [-0.1, -0.05) is 35.9 Å². The van der Waals surface area contributed by atoms with Crippen LogP contribution >= 0.6 is 11.6 Å². The van der Waals surface area contributed by atoms with Gasteiger partial charge in [-0.2, -0.15) is 5.26 Å². The van der Waals surface area contributed by atoms with Crippen molar-refractivity contribution in [2.75, 3.05) is 11.9 Å². The predicted molar refractivity (Wildman–Crippen MR) is 86.7 cm³/mol. The summed E-state index contributed by atoms with van der Waals surface area (Å²) in [6, 6.07) is 16.0. The Labute approximate surface area is 133 Å². The van der Waals surface area contributed by atoms with E-state index in [1.165, 1.54) is 6.08 Å². The number of para-hydroxylation sites is 1. The van der Waals surface area contributed by atoms with E-state index >= 15 is 0 Å². The maximum Gasteiger partial charge on any atom is 0.248 e. The fourth-order valence-electron chi connectivity index (χ4n) is 1.70. The van der Waals surface area contributed by atoms with E-state index in [9.17, 15) is 4.79 Å². The second kappa shape index (κ2) is 7.87. The first-order chi connectivity index (χ1) is 10.7. The summed E-state index contributed by atoms with van der Waals surface area (Å²) < 4.78 is 5.15. The molecule has 0 bridgehead atoms. The predicted octanol–water partition coefficient (Wildman–Crippen LogP) is 3.89. The largest absolute Gasteiger partial charge is 0.479 e. The molecule has 0 heterocycles. The molecule has 0 aliphatic carbocycles. The Morgan fingerprint density at radius 3 is 2.64 bits per heavy atom. The average Bonchev–Trinajstić information content (AvgIpc) is 2.54. The van der Waals surface area contributed by atoms with E-state index in [0.717, 1.165) is 5.56 Å². The topological polar surface area (TPSA) is 62.1 Å². The number of nitriles is 1. The summed E-state index contributed by atoms with van der Waals surface area (Å²) >= 11 is 5.97. The van der Waals surface area contributed by atoms with Crippen LogP contribution in [0.2, 0.25) is 5.02 Å². The highest BCUT2D eigenvalue weighted by molar-refractivity contribution is 6.33. The first kappa shape index (κ1) is 15.6. The molecule has 0 aliphatic rings. The molecular weight excluding hydrogens is 300 g/mol. The standard InChI is InChI=1S/C17H13ClN2O2/c18-15-3-1-2-4-16(15)20-17(21)10-7-13-5-8-14(9-6-13)22-12-11-19/h1-10H,12H2,(H,20,21)/b10-7+. The van der Waals surface area contributed by atoms with E-state index in [0.29, 0.717) is 16.5 Å². The van der Waals surface area contributed by atoms with Gasteiger partial charge in [0.2, 0.25) is 5.91 Å². The molecule has 5 heteroatoms. The molecule has 110 valence electrons. The summed E-state index contributed by atoms with van der Waals surface area (Å²) in [7, 11) is 0. The molecule has 2 rings (SSSR count). The van der Waals surface area contributed by atoms with Crippen molar-refractivity contribution < 1.29 is 9.53 Å². The molecule has 2 aromatic carbocycles. The number of rotatable bonds is 5. The van der Waals surface area contributed by atoms with Gasteiger partial charge in [-0.25, -0.2) is 0 Å². The van der Waals surface area contributed by atoms with Gasteiger partial charge in [-0.05, 0) is 35.9 Å². The Morgan fingerprint density at radius 1 is 1.23 bits per heavy atom. The van der Waals surface area contributed by atoms with Crippen LogP contribution in [-0.2, 0) is 4.79 Å². The van der Waals surface area contributed by atoms with Crippen LogP contribution in [-0.4, -0.2) is 12.5 Å². The number of nitrogens with zero attached hydrogens (tertiary/aromatic N) is 1. The highest BCUT2D eigenvalue weighted by Gasteiger charge is 2.01. The Bertz CT molecular complexity index is 718. The van der Waals surface area contributed by atoms with Crippen molar-refractivity contribution in [2.45, 2.75) is 0 Å². The fraction of sp³-hybridized carbons (Fsp3) is 0.0588. The van der Waals surface area contributed by atoms with Crippen molar-refractivity contribution in [3.8, 4) is 11.8 Å². The van der Waals surface area contributed by atoms with E-state index in [1.807, 2.05) is 6.07 Å². The number of carbonyl (C=O) groups is 1. The minimum Gasteiger partial charge on any atom is -0.479 e. The van der Waals surface area contributed by atoms with Crippen LogP contribution in [0.1, 0.15) is 5.56 Å². The number of hydrogen-bond acceptors (Lipinski definition) is 3. The molecule has 22 heavy (non-hydrogen) atoms. The number of halogens is 1. The summed E-state index contributed by atoms with van der Waals surface area (Å²) in [6.45, 7) is 0.00935. The lowest BCUT2D eigenvalue weighted by molar-refractivity contribution is -0.111. The van der Waals surface area contributed by atoms with Crippen LogP contribution in [0.3, 0.4) is 0 Å². The van der Waals surface area contributed by atoms with Gasteiger partial charge in [0.05, 0.1) is 10.7 Å². The number of amides is 1. The number of anilines is 1. The van der Waals surface area contributed by atoms with E-state index < -0.39 is 0 Å². The van der Waals surface area contributed by atoms with Crippen molar-refractivity contribution in [3.63, 3.8) is 0 Å². The van der Waals surface area contributed by atoms with Gasteiger partial charge in [0, 0.05) is 6.08 Å². The molecule has 0 atom stereocenters. The highest BCUT2D eigenvalue weighted by atomic mass is 35.5. The van der Waals surface area contributed by atoms with Gasteiger partial charge >= 0.3 is 0 Å². The molecule has 1 N–H and O–H groups in total. The van der Waals surface area contributed by atoms with E-state index in [1.54, 1.807) is 54.6 Å². The Balaban J connectivity index is 1.95. The van der Waals surface area contributed by atoms with Crippen LogP contribution in [0.4, 0.5) is 5.69 Å². The number of hydrogen-bond donors (Lipinski definition) is 1. The van der Waals surface area contributed by atoms with Crippen molar-refractivity contribution in [1.29, 1.82) is 5.26 Å². The van der Waals surface area contributed by atoms with Gasteiger partial charge in [0.15, 0.2) is 6.61 Å². The maximum absolute atomic E-state index is 11.8. The van der Waals surface area contributed by atoms with E-state index in [2.05, 4.69) is 5.32 Å². The summed E-state index contributed by atoms with van der Waals surface area (Å²) in [5.74, 6) is 0.345. The van der Waals surface area contributed by atoms with Gasteiger partial charge < -0.3 is 10.1 Å². The zero-order valence-electron chi connectivity index (χ0n) is 11.6. The molecule has 0 saturated heterocycles. The molecule has 0 aliphatic heterocycles. The van der Waals surface area contributed by atoms with Gasteiger partial charge in [-0.15, -0.1) is 0 Å². The zero-order chi connectivity index (χ0) is 15.8. The van der Waals surface area contributed by atoms with Crippen molar-refractivity contribution in [3.05, 3.63) is 65.2 Å². The third-order valence-corrected chi connectivity index (χ3v) is 3.07. The minimum absolute atomic E-state index is 0.00935. The molecule has 0 saturated carbocycles. The summed E-state index contributed by atoms with van der Waals surface area (Å²) in [5, 5.41) is 11.6. The monoisotopic (exact) mass is 312 g/mol. The molecule has 0 aromatic heterocycles. The number of nitrogens with one attached hydrogen (secondary N) is 1. The third kappa shape index (κ3) is 4.65. The van der Waals surface area contributed by atoms with E-state index in [4.69, 9.17) is 21.6 Å². The minimum atomic E-state index is -0.266. The molecule has 0 unspecified atom stereocenters. The van der Waals surface area contributed by atoms with Crippen molar-refractivity contribution in [1.82, 2.24) is 0 Å². The van der Waals surface area contributed by atoms with Gasteiger partial charge in [-0.3, -0.25) is 4.79 Å². The van der Waals surface area contributed by atoms with Gasteiger partial charge in [0.25, 0.3) is 0 Å². The maximum atomic E-state index is 11.8. The van der Waals surface area contributed by atoms with Crippen molar-refractivity contribution >= 4 is 29.3 Å². The van der Waals surface area contributed by atoms with Crippen LogP contribution < -0.4 is 10.1 Å². The number of ether oxygens (including phenoxy) is 1. The second-order valence-corrected chi connectivity index (χ2v) is 4.73. The zero-order valence-corrected chi connectivity index (χ0v) is 12.4. The first-order valence-electron chi connectivity index (χ1n) is 6.52.